The van der Waals surface area contributed by atoms with E-state index in [0.29, 0.717) is 58.0 Å². The number of piperazine rings is 1. The number of hydrazine groups is 1. The van der Waals surface area contributed by atoms with E-state index in [1.54, 1.807) is 5.01 Å². The summed E-state index contributed by atoms with van der Waals surface area (Å²) < 4.78 is 5.48. The molecule has 2 heterocycles. The molecular formula is C23H28N4O4. The van der Waals surface area contributed by atoms with Crippen molar-refractivity contribution in [1.82, 2.24) is 9.91 Å². The van der Waals surface area contributed by atoms with Crippen LogP contribution in [0.3, 0.4) is 0 Å². The zero-order chi connectivity index (χ0) is 21.8. The molecule has 0 unspecified atom stereocenters. The Hall–Kier alpha value is -3.10. The molecule has 164 valence electrons. The molecule has 2 aliphatic rings. The smallest absolute Gasteiger partial charge is 0.407 e. The van der Waals surface area contributed by atoms with Gasteiger partial charge in [-0.15, -0.1) is 0 Å². The molecule has 0 atom stereocenters. The average Bonchev–Trinajstić information content (AvgIpc) is 2.81. The lowest BCUT2D eigenvalue weighted by molar-refractivity contribution is 0.0300. The van der Waals surface area contributed by atoms with Crippen molar-refractivity contribution in [2.45, 2.75) is 6.92 Å². The summed E-state index contributed by atoms with van der Waals surface area (Å²) in [5.41, 5.74) is 3.48. The van der Waals surface area contributed by atoms with Crippen molar-refractivity contribution in [3.63, 3.8) is 0 Å². The van der Waals surface area contributed by atoms with Crippen LogP contribution in [0.4, 0.5) is 16.2 Å². The number of hydrogen-bond donors (Lipinski definition) is 1. The number of para-hydroxylation sites is 1. The lowest BCUT2D eigenvalue weighted by Crippen LogP contribution is -2.52. The first-order chi connectivity index (χ1) is 15.0. The van der Waals surface area contributed by atoms with Crippen LogP contribution >= 0.6 is 0 Å². The third-order valence-corrected chi connectivity index (χ3v) is 5.81. The lowest BCUT2D eigenvalue weighted by Gasteiger charge is -2.38. The molecule has 31 heavy (non-hydrogen) atoms. The predicted octanol–water partition coefficient (Wildman–Crippen LogP) is 2.69. The third kappa shape index (κ3) is 4.65. The third-order valence-electron chi connectivity index (χ3n) is 5.81. The summed E-state index contributed by atoms with van der Waals surface area (Å²) in [4.78, 5) is 28.5. The molecular weight excluding hydrogens is 396 g/mol. The monoisotopic (exact) mass is 424 g/mol. The van der Waals surface area contributed by atoms with Crippen molar-refractivity contribution in [2.24, 2.45) is 0 Å². The highest BCUT2D eigenvalue weighted by Crippen LogP contribution is 2.26. The van der Waals surface area contributed by atoms with Gasteiger partial charge in [-0.1, -0.05) is 24.3 Å². The number of anilines is 2. The Bertz CT molecular complexity index is 922. The van der Waals surface area contributed by atoms with E-state index in [4.69, 9.17) is 4.74 Å². The molecule has 8 nitrogen and oxygen atoms in total. The maximum absolute atomic E-state index is 13.7. The number of amides is 2. The van der Waals surface area contributed by atoms with Crippen LogP contribution in [0.2, 0.25) is 0 Å². The fourth-order valence-electron chi connectivity index (χ4n) is 4.08. The van der Waals surface area contributed by atoms with Gasteiger partial charge in [0.15, 0.2) is 0 Å². The highest BCUT2D eigenvalue weighted by Gasteiger charge is 2.28. The van der Waals surface area contributed by atoms with Crippen molar-refractivity contribution in [1.29, 1.82) is 0 Å². The number of carbonyl (C=O) groups is 2. The highest BCUT2D eigenvalue weighted by atomic mass is 16.5. The van der Waals surface area contributed by atoms with Crippen LogP contribution in [0, 0.1) is 6.92 Å². The normalized spacial score (nSPS) is 17.5. The second kappa shape index (κ2) is 9.36. The molecule has 0 aliphatic carbocycles. The van der Waals surface area contributed by atoms with E-state index in [2.05, 4.69) is 4.90 Å². The van der Waals surface area contributed by atoms with Gasteiger partial charge in [0.05, 0.1) is 18.9 Å². The van der Waals surface area contributed by atoms with Gasteiger partial charge in [-0.25, -0.2) is 14.8 Å². The van der Waals surface area contributed by atoms with Crippen LogP contribution in [-0.2, 0) is 4.74 Å². The minimum absolute atomic E-state index is 0.0847. The molecule has 2 aromatic rings. The second-order valence-electron chi connectivity index (χ2n) is 7.78. The Morgan fingerprint density at radius 3 is 2.26 bits per heavy atom. The number of ether oxygens (including phenoxy) is 1. The summed E-state index contributed by atoms with van der Waals surface area (Å²) in [6, 6.07) is 15.4. The van der Waals surface area contributed by atoms with Crippen LogP contribution in [0.15, 0.2) is 48.5 Å². The minimum atomic E-state index is -0.885. The maximum atomic E-state index is 13.7. The first-order valence-electron chi connectivity index (χ1n) is 10.6. The molecule has 0 radical (unpaired) electrons. The average molecular weight is 425 g/mol. The Balaban J connectivity index is 1.61. The summed E-state index contributed by atoms with van der Waals surface area (Å²) in [5, 5.41) is 13.0. The lowest BCUT2D eigenvalue weighted by atomic mass is 10.1. The van der Waals surface area contributed by atoms with Gasteiger partial charge in [0, 0.05) is 50.5 Å². The Morgan fingerprint density at radius 2 is 1.61 bits per heavy atom. The second-order valence-corrected chi connectivity index (χ2v) is 7.78. The quantitative estimate of drug-likeness (QED) is 0.813. The number of carboxylic acid groups (broad SMARTS) is 1. The number of morpholine rings is 1. The van der Waals surface area contributed by atoms with Crippen molar-refractivity contribution in [3.05, 3.63) is 59.7 Å². The molecule has 8 heteroatoms. The number of carbonyl (C=O) groups excluding carboxylic acids is 1. The SMILES string of the molecule is Cc1ccc(C(=O)N(c2ccccc2)N2CCOCC2)cc1N1CCN(C(=O)O)CC1. The van der Waals surface area contributed by atoms with E-state index < -0.39 is 6.09 Å². The number of rotatable bonds is 4. The van der Waals surface area contributed by atoms with E-state index in [-0.39, 0.29) is 5.91 Å². The number of aryl methyl sites for hydroxylation is 1. The fourth-order valence-corrected chi connectivity index (χ4v) is 4.08. The van der Waals surface area contributed by atoms with Gasteiger partial charge in [0.25, 0.3) is 5.91 Å². The molecule has 2 aliphatic heterocycles. The first-order valence-corrected chi connectivity index (χ1v) is 10.6. The Morgan fingerprint density at radius 1 is 0.935 bits per heavy atom. The largest absolute Gasteiger partial charge is 0.465 e. The van der Waals surface area contributed by atoms with Crippen molar-refractivity contribution in [3.8, 4) is 0 Å². The van der Waals surface area contributed by atoms with Gasteiger partial charge in [-0.3, -0.25) is 4.79 Å². The molecule has 0 aromatic heterocycles. The summed E-state index contributed by atoms with van der Waals surface area (Å²) in [6.45, 7) is 6.62. The number of nitrogens with zero attached hydrogens (tertiary/aromatic N) is 4. The summed E-state index contributed by atoms with van der Waals surface area (Å²) in [5.74, 6) is -0.0847. The molecule has 1 N–H and O–H groups in total. The highest BCUT2D eigenvalue weighted by molar-refractivity contribution is 6.06. The maximum Gasteiger partial charge on any atom is 0.407 e. The molecule has 2 aromatic carbocycles. The van der Waals surface area contributed by atoms with E-state index in [0.717, 1.165) is 16.9 Å². The predicted molar refractivity (Wildman–Crippen MR) is 119 cm³/mol. The topological polar surface area (TPSA) is 76.6 Å². The van der Waals surface area contributed by atoms with Gasteiger partial charge in [0.2, 0.25) is 0 Å². The molecule has 2 amide bonds. The Kier molecular flexibility index (Phi) is 6.39. The van der Waals surface area contributed by atoms with Crippen LogP contribution in [0.5, 0.6) is 0 Å². The molecule has 0 bridgehead atoms. The molecule has 0 spiro atoms. The summed E-state index contributed by atoms with van der Waals surface area (Å²) in [6.07, 6.45) is -0.885. The van der Waals surface area contributed by atoms with Crippen molar-refractivity contribution >= 4 is 23.4 Å². The van der Waals surface area contributed by atoms with Gasteiger partial charge in [-0.05, 0) is 36.8 Å². The van der Waals surface area contributed by atoms with Crippen molar-refractivity contribution in [2.75, 3.05) is 62.4 Å². The van der Waals surface area contributed by atoms with Crippen LogP contribution in [0.25, 0.3) is 0 Å². The first kappa shape index (κ1) is 21.1. The van der Waals surface area contributed by atoms with Gasteiger partial charge >= 0.3 is 6.09 Å². The molecule has 2 saturated heterocycles. The zero-order valence-corrected chi connectivity index (χ0v) is 17.7. The fraction of sp³-hybridized carbons (Fsp3) is 0.391. The van der Waals surface area contributed by atoms with Crippen LogP contribution < -0.4 is 9.91 Å². The molecule has 2 fully saturated rings. The van der Waals surface area contributed by atoms with Gasteiger partial charge in [-0.2, -0.15) is 0 Å². The molecule has 4 rings (SSSR count). The van der Waals surface area contributed by atoms with Crippen molar-refractivity contribution < 1.29 is 19.4 Å². The van der Waals surface area contributed by atoms with Crippen LogP contribution in [0.1, 0.15) is 15.9 Å². The standard InChI is InChI=1S/C23H28N4O4/c1-18-7-8-19(17-21(18)24-9-11-25(12-10-24)23(29)30)22(28)27(20-5-3-2-4-6-20)26-13-15-31-16-14-26/h2-8,17H,9-16H2,1H3,(H,29,30). The van der Waals surface area contributed by atoms with E-state index in [9.17, 15) is 14.7 Å². The van der Waals surface area contributed by atoms with Gasteiger partial charge < -0.3 is 19.6 Å². The van der Waals surface area contributed by atoms with E-state index >= 15 is 0 Å². The van der Waals surface area contributed by atoms with E-state index in [1.165, 1.54) is 4.90 Å². The number of hydrogen-bond acceptors (Lipinski definition) is 5. The summed E-state index contributed by atoms with van der Waals surface area (Å²) >= 11 is 0. The molecule has 0 saturated carbocycles. The summed E-state index contributed by atoms with van der Waals surface area (Å²) in [7, 11) is 0. The minimum Gasteiger partial charge on any atom is -0.465 e. The Labute approximate surface area is 182 Å². The zero-order valence-electron chi connectivity index (χ0n) is 17.7. The van der Waals surface area contributed by atoms with E-state index in [1.807, 2.05) is 60.5 Å². The van der Waals surface area contributed by atoms with Crippen LogP contribution in [-0.4, -0.2) is 79.5 Å². The van der Waals surface area contributed by atoms with Gasteiger partial charge in [0.1, 0.15) is 0 Å². The number of benzene rings is 2.